The summed E-state index contributed by atoms with van der Waals surface area (Å²) >= 11 is 6.06. The number of halogens is 1. The lowest BCUT2D eigenvalue weighted by atomic mass is 9.95. The molecule has 3 heteroatoms. The summed E-state index contributed by atoms with van der Waals surface area (Å²) in [5.41, 5.74) is 2.51. The van der Waals surface area contributed by atoms with Crippen LogP contribution >= 0.6 is 11.6 Å². The molecule has 1 saturated heterocycles. The molecule has 2 fully saturated rings. The van der Waals surface area contributed by atoms with Gasteiger partial charge in [-0.3, -0.25) is 4.98 Å². The number of pyridine rings is 1. The molecule has 98 valence electrons. The SMILES string of the molecule is ClCc1ccncc1N1CCCC1C1CCCC1. The number of hydrogen-bond acceptors (Lipinski definition) is 2. The first-order valence-electron chi connectivity index (χ1n) is 7.15. The molecule has 1 aliphatic heterocycles. The van der Waals surface area contributed by atoms with Crippen LogP contribution in [0.1, 0.15) is 44.1 Å². The van der Waals surface area contributed by atoms with Crippen LogP contribution in [-0.4, -0.2) is 17.6 Å². The van der Waals surface area contributed by atoms with Gasteiger partial charge in [-0.25, -0.2) is 0 Å². The van der Waals surface area contributed by atoms with Gasteiger partial charge in [-0.15, -0.1) is 11.6 Å². The maximum atomic E-state index is 6.06. The van der Waals surface area contributed by atoms with Crippen molar-refractivity contribution in [3.63, 3.8) is 0 Å². The second-order valence-electron chi connectivity index (χ2n) is 5.59. The smallest absolute Gasteiger partial charge is 0.0600 e. The maximum absolute atomic E-state index is 6.06. The molecule has 0 N–H and O–H groups in total. The molecular weight excluding hydrogens is 244 g/mol. The molecule has 0 bridgehead atoms. The van der Waals surface area contributed by atoms with E-state index in [0.29, 0.717) is 5.88 Å². The quantitative estimate of drug-likeness (QED) is 0.768. The van der Waals surface area contributed by atoms with Gasteiger partial charge < -0.3 is 4.90 Å². The van der Waals surface area contributed by atoms with Crippen LogP contribution in [0.5, 0.6) is 0 Å². The first-order chi connectivity index (χ1) is 8.90. The van der Waals surface area contributed by atoms with Crippen molar-refractivity contribution < 1.29 is 0 Å². The first-order valence-corrected chi connectivity index (χ1v) is 7.69. The summed E-state index contributed by atoms with van der Waals surface area (Å²) < 4.78 is 0. The number of hydrogen-bond donors (Lipinski definition) is 0. The lowest BCUT2D eigenvalue weighted by Crippen LogP contribution is -2.35. The molecule has 1 aromatic heterocycles. The van der Waals surface area contributed by atoms with Crippen molar-refractivity contribution >= 4 is 17.3 Å². The molecule has 0 radical (unpaired) electrons. The highest BCUT2D eigenvalue weighted by Crippen LogP contribution is 2.38. The van der Waals surface area contributed by atoms with Crippen LogP contribution in [0, 0.1) is 5.92 Å². The normalized spacial score (nSPS) is 24.9. The summed E-state index contributed by atoms with van der Waals surface area (Å²) in [5, 5.41) is 0. The third-order valence-electron chi connectivity index (χ3n) is 4.58. The van der Waals surface area contributed by atoms with Crippen LogP contribution < -0.4 is 4.90 Å². The molecule has 3 rings (SSSR count). The lowest BCUT2D eigenvalue weighted by Gasteiger charge is -2.32. The van der Waals surface area contributed by atoms with E-state index in [1.807, 2.05) is 12.4 Å². The van der Waals surface area contributed by atoms with Crippen LogP contribution in [0.25, 0.3) is 0 Å². The highest BCUT2D eigenvalue weighted by Gasteiger charge is 2.34. The van der Waals surface area contributed by atoms with E-state index in [9.17, 15) is 0 Å². The number of rotatable bonds is 3. The summed E-state index contributed by atoms with van der Waals surface area (Å²) in [6, 6.07) is 2.80. The van der Waals surface area contributed by atoms with Gasteiger partial charge in [-0.05, 0) is 43.2 Å². The van der Waals surface area contributed by atoms with E-state index in [1.54, 1.807) is 0 Å². The van der Waals surface area contributed by atoms with E-state index in [-0.39, 0.29) is 0 Å². The van der Waals surface area contributed by atoms with Gasteiger partial charge in [0.1, 0.15) is 0 Å². The van der Waals surface area contributed by atoms with Gasteiger partial charge in [0.25, 0.3) is 0 Å². The van der Waals surface area contributed by atoms with E-state index in [4.69, 9.17) is 11.6 Å². The monoisotopic (exact) mass is 264 g/mol. The zero-order valence-electron chi connectivity index (χ0n) is 10.8. The third kappa shape index (κ3) is 2.23. The van der Waals surface area contributed by atoms with Crippen molar-refractivity contribution in [1.29, 1.82) is 0 Å². The Labute approximate surface area is 114 Å². The number of alkyl halides is 1. The van der Waals surface area contributed by atoms with Crippen molar-refractivity contribution in [3.05, 3.63) is 24.0 Å². The largest absolute Gasteiger partial charge is 0.367 e. The van der Waals surface area contributed by atoms with Crippen LogP contribution in [0.3, 0.4) is 0 Å². The van der Waals surface area contributed by atoms with Gasteiger partial charge in [-0.1, -0.05) is 12.8 Å². The first kappa shape index (κ1) is 12.3. The van der Waals surface area contributed by atoms with Crippen molar-refractivity contribution in [2.75, 3.05) is 11.4 Å². The minimum atomic E-state index is 0.589. The molecule has 1 unspecified atom stereocenters. The van der Waals surface area contributed by atoms with E-state index >= 15 is 0 Å². The molecule has 1 aromatic rings. The zero-order valence-corrected chi connectivity index (χ0v) is 11.6. The highest BCUT2D eigenvalue weighted by molar-refractivity contribution is 6.17. The van der Waals surface area contributed by atoms with Gasteiger partial charge in [0.2, 0.25) is 0 Å². The van der Waals surface area contributed by atoms with Crippen LogP contribution in [-0.2, 0) is 5.88 Å². The van der Waals surface area contributed by atoms with Crippen LogP contribution in [0.2, 0.25) is 0 Å². The van der Waals surface area contributed by atoms with Crippen LogP contribution in [0.4, 0.5) is 5.69 Å². The minimum Gasteiger partial charge on any atom is -0.367 e. The Morgan fingerprint density at radius 2 is 2.06 bits per heavy atom. The predicted molar refractivity (Wildman–Crippen MR) is 76.1 cm³/mol. The Bertz CT molecular complexity index is 401. The van der Waals surface area contributed by atoms with Crippen molar-refractivity contribution in [2.24, 2.45) is 5.92 Å². The highest BCUT2D eigenvalue weighted by atomic mass is 35.5. The number of aromatic nitrogens is 1. The van der Waals surface area contributed by atoms with Gasteiger partial charge >= 0.3 is 0 Å². The summed E-state index contributed by atoms with van der Waals surface area (Å²) in [7, 11) is 0. The maximum Gasteiger partial charge on any atom is 0.0600 e. The Balaban J connectivity index is 1.85. The molecule has 1 atom stereocenters. The Kier molecular flexibility index (Phi) is 3.74. The van der Waals surface area contributed by atoms with Gasteiger partial charge in [0, 0.05) is 24.7 Å². The summed E-state index contributed by atoms with van der Waals surface area (Å²) in [5.74, 6) is 1.49. The second-order valence-corrected chi connectivity index (χ2v) is 5.85. The molecule has 2 nitrogen and oxygen atoms in total. The van der Waals surface area contributed by atoms with E-state index in [0.717, 1.165) is 12.0 Å². The van der Waals surface area contributed by atoms with Crippen molar-refractivity contribution in [3.8, 4) is 0 Å². The van der Waals surface area contributed by atoms with Crippen molar-refractivity contribution in [1.82, 2.24) is 4.98 Å². The fourth-order valence-electron chi connectivity index (χ4n) is 3.71. The molecule has 1 saturated carbocycles. The fraction of sp³-hybridized carbons (Fsp3) is 0.667. The molecule has 18 heavy (non-hydrogen) atoms. The summed E-state index contributed by atoms with van der Waals surface area (Å²) in [4.78, 5) is 6.88. The number of nitrogens with zero attached hydrogens (tertiary/aromatic N) is 2. The Morgan fingerprint density at radius 3 is 2.83 bits per heavy atom. The van der Waals surface area contributed by atoms with Gasteiger partial charge in [-0.2, -0.15) is 0 Å². The average Bonchev–Trinajstić information content (AvgIpc) is 3.09. The number of anilines is 1. The predicted octanol–water partition coefficient (Wildman–Crippen LogP) is 3.98. The van der Waals surface area contributed by atoms with Crippen molar-refractivity contribution in [2.45, 2.75) is 50.4 Å². The fourth-order valence-corrected chi connectivity index (χ4v) is 3.94. The van der Waals surface area contributed by atoms with E-state index in [1.165, 1.54) is 56.3 Å². The molecule has 2 heterocycles. The Morgan fingerprint density at radius 1 is 1.22 bits per heavy atom. The van der Waals surface area contributed by atoms with Gasteiger partial charge in [0.05, 0.1) is 11.9 Å². The standard InChI is InChI=1S/C15H21ClN2/c16-10-13-7-8-17-11-15(13)18-9-3-6-14(18)12-4-1-2-5-12/h7-8,11-12,14H,1-6,9-10H2. The molecule has 1 aliphatic carbocycles. The van der Waals surface area contributed by atoms with E-state index < -0.39 is 0 Å². The molecule has 0 spiro atoms. The molecule has 2 aliphatic rings. The summed E-state index contributed by atoms with van der Waals surface area (Å²) in [6.45, 7) is 1.18. The summed E-state index contributed by atoms with van der Waals surface area (Å²) in [6.07, 6.45) is 12.2. The zero-order chi connectivity index (χ0) is 12.4. The average molecular weight is 265 g/mol. The van der Waals surface area contributed by atoms with Gasteiger partial charge in [0.15, 0.2) is 0 Å². The molecular formula is C15H21ClN2. The molecule has 0 aromatic carbocycles. The Hall–Kier alpha value is -0.760. The van der Waals surface area contributed by atoms with Crippen LogP contribution in [0.15, 0.2) is 18.5 Å². The third-order valence-corrected chi connectivity index (χ3v) is 4.87. The minimum absolute atomic E-state index is 0.589. The molecule has 0 amide bonds. The topological polar surface area (TPSA) is 16.1 Å². The second kappa shape index (κ2) is 5.48. The van der Waals surface area contributed by atoms with E-state index in [2.05, 4.69) is 16.0 Å². The lowest BCUT2D eigenvalue weighted by molar-refractivity contribution is 0.430.